The number of rotatable bonds is 3. The first-order valence-corrected chi connectivity index (χ1v) is 6.92. The summed E-state index contributed by atoms with van der Waals surface area (Å²) in [5.74, 6) is 1.11. The van der Waals surface area contributed by atoms with Gasteiger partial charge in [-0.05, 0) is 68.3 Å². The third-order valence-electron chi connectivity index (χ3n) is 3.63. The van der Waals surface area contributed by atoms with Crippen molar-refractivity contribution in [1.29, 1.82) is 0 Å². The average molecular weight is 284 g/mol. The minimum Gasteiger partial charge on any atom is -0.483 e. The summed E-state index contributed by atoms with van der Waals surface area (Å²) in [6.45, 7) is 6.07. The van der Waals surface area contributed by atoms with Gasteiger partial charge in [-0.3, -0.25) is 0 Å². The monoisotopic (exact) mass is 284 g/mol. The maximum Gasteiger partial charge on any atom is 0.153 e. The first-order chi connectivity index (χ1) is 10.0. The van der Waals surface area contributed by atoms with Crippen molar-refractivity contribution in [3.05, 3.63) is 59.2 Å². The number of halogens is 1. The molecule has 1 unspecified atom stereocenters. The molecule has 3 aromatic rings. The van der Waals surface area contributed by atoms with E-state index in [1.807, 2.05) is 6.92 Å². The van der Waals surface area contributed by atoms with Gasteiger partial charge in [0.15, 0.2) is 6.10 Å². The second-order valence-corrected chi connectivity index (χ2v) is 5.29. The number of fused-ring (bicyclic) bond motifs is 1. The Hall–Kier alpha value is -2.36. The normalized spacial score (nSPS) is 12.6. The molecular weight excluding hydrogens is 267 g/mol. The Bertz CT molecular complexity index is 738. The molecule has 3 nitrogen and oxygen atoms in total. The highest BCUT2D eigenvalue weighted by atomic mass is 19.1. The molecule has 0 saturated heterocycles. The summed E-state index contributed by atoms with van der Waals surface area (Å²) in [5.41, 5.74) is 4.38. The van der Waals surface area contributed by atoms with Crippen LogP contribution in [0, 0.1) is 19.7 Å². The summed E-state index contributed by atoms with van der Waals surface area (Å²) < 4.78 is 18.7. The van der Waals surface area contributed by atoms with Crippen LogP contribution in [-0.2, 0) is 0 Å². The van der Waals surface area contributed by atoms with Crippen LogP contribution in [0.3, 0.4) is 0 Å². The van der Waals surface area contributed by atoms with Crippen LogP contribution in [0.1, 0.15) is 30.0 Å². The summed E-state index contributed by atoms with van der Waals surface area (Å²) >= 11 is 0. The maximum atomic E-state index is 12.9. The zero-order valence-corrected chi connectivity index (χ0v) is 12.3. The topological polar surface area (TPSA) is 37.9 Å². The van der Waals surface area contributed by atoms with Crippen molar-refractivity contribution in [3.63, 3.8) is 0 Å². The van der Waals surface area contributed by atoms with Crippen molar-refractivity contribution >= 4 is 11.0 Å². The first kappa shape index (κ1) is 13.6. The van der Waals surface area contributed by atoms with E-state index in [2.05, 4.69) is 35.9 Å². The van der Waals surface area contributed by atoms with Gasteiger partial charge in [-0.15, -0.1) is 0 Å². The van der Waals surface area contributed by atoms with Gasteiger partial charge in [-0.1, -0.05) is 0 Å². The number of aryl methyl sites for hydroxylation is 2. The Labute approximate surface area is 122 Å². The van der Waals surface area contributed by atoms with Crippen LogP contribution in [0.15, 0.2) is 36.4 Å². The molecular formula is C17H17FN2O. The smallest absolute Gasteiger partial charge is 0.153 e. The predicted octanol–water partition coefficient (Wildman–Crippen LogP) is 4.46. The molecule has 3 rings (SSSR count). The lowest BCUT2D eigenvalue weighted by molar-refractivity contribution is 0.217. The first-order valence-electron chi connectivity index (χ1n) is 6.92. The minimum absolute atomic E-state index is 0.233. The molecule has 0 amide bonds. The van der Waals surface area contributed by atoms with Crippen molar-refractivity contribution in [2.45, 2.75) is 26.9 Å². The predicted molar refractivity (Wildman–Crippen MR) is 81.0 cm³/mol. The van der Waals surface area contributed by atoms with Crippen molar-refractivity contribution < 1.29 is 9.13 Å². The zero-order chi connectivity index (χ0) is 15.0. The highest BCUT2D eigenvalue weighted by Gasteiger charge is 2.13. The molecule has 0 radical (unpaired) electrons. The van der Waals surface area contributed by atoms with Gasteiger partial charge in [0.1, 0.15) is 17.4 Å². The fourth-order valence-corrected chi connectivity index (χ4v) is 2.25. The van der Waals surface area contributed by atoms with Crippen molar-refractivity contribution in [2.24, 2.45) is 0 Å². The number of aromatic nitrogens is 2. The molecule has 1 aromatic heterocycles. The van der Waals surface area contributed by atoms with E-state index < -0.39 is 0 Å². The standard InChI is InChI=1S/C17H17FN2O/c1-10-8-15-16(9-11(10)2)20-17(19-15)12(3)21-14-6-4-13(18)5-7-14/h4-9,12H,1-3H3,(H,19,20). The van der Waals surface area contributed by atoms with E-state index >= 15 is 0 Å². The summed E-state index contributed by atoms with van der Waals surface area (Å²) in [4.78, 5) is 7.86. The van der Waals surface area contributed by atoms with Crippen molar-refractivity contribution in [2.75, 3.05) is 0 Å². The van der Waals surface area contributed by atoms with E-state index in [1.165, 1.54) is 23.3 Å². The van der Waals surface area contributed by atoms with Gasteiger partial charge in [0.25, 0.3) is 0 Å². The summed E-state index contributed by atoms with van der Waals surface area (Å²) in [5, 5.41) is 0. The van der Waals surface area contributed by atoms with Gasteiger partial charge in [-0.2, -0.15) is 0 Å². The molecule has 1 atom stereocenters. The highest BCUT2D eigenvalue weighted by Crippen LogP contribution is 2.23. The number of imidazole rings is 1. The van der Waals surface area contributed by atoms with Gasteiger partial charge >= 0.3 is 0 Å². The minimum atomic E-state index is -0.273. The fourth-order valence-electron chi connectivity index (χ4n) is 2.25. The highest BCUT2D eigenvalue weighted by molar-refractivity contribution is 5.77. The molecule has 21 heavy (non-hydrogen) atoms. The molecule has 1 heterocycles. The number of aromatic amines is 1. The molecule has 1 N–H and O–H groups in total. The van der Waals surface area contributed by atoms with Crippen molar-refractivity contribution in [3.8, 4) is 5.75 Å². The van der Waals surface area contributed by atoms with Gasteiger partial charge in [0.2, 0.25) is 0 Å². The number of hydrogen-bond acceptors (Lipinski definition) is 2. The van der Waals surface area contributed by atoms with Gasteiger partial charge in [0, 0.05) is 0 Å². The molecule has 0 fully saturated rings. The van der Waals surface area contributed by atoms with Crippen LogP contribution in [-0.4, -0.2) is 9.97 Å². The van der Waals surface area contributed by atoms with E-state index in [0.29, 0.717) is 5.75 Å². The second-order valence-electron chi connectivity index (χ2n) is 5.29. The lowest BCUT2D eigenvalue weighted by Crippen LogP contribution is -2.04. The molecule has 0 aliphatic rings. The molecule has 4 heteroatoms. The number of nitrogens with zero attached hydrogens (tertiary/aromatic N) is 1. The van der Waals surface area contributed by atoms with Crippen molar-refractivity contribution in [1.82, 2.24) is 9.97 Å². The van der Waals surface area contributed by atoms with Crippen LogP contribution in [0.5, 0.6) is 5.75 Å². The van der Waals surface area contributed by atoms with E-state index in [-0.39, 0.29) is 11.9 Å². The summed E-state index contributed by atoms with van der Waals surface area (Å²) in [6.07, 6.45) is -0.233. The summed E-state index contributed by atoms with van der Waals surface area (Å²) in [6, 6.07) is 10.1. The molecule has 0 saturated carbocycles. The molecule has 0 bridgehead atoms. The van der Waals surface area contributed by atoms with Crippen LogP contribution in [0.25, 0.3) is 11.0 Å². The zero-order valence-electron chi connectivity index (χ0n) is 12.3. The van der Waals surface area contributed by atoms with E-state index in [1.54, 1.807) is 12.1 Å². The molecule has 0 aliphatic carbocycles. The largest absolute Gasteiger partial charge is 0.483 e. The lowest BCUT2D eigenvalue weighted by Gasteiger charge is -2.12. The van der Waals surface area contributed by atoms with Gasteiger partial charge in [0.05, 0.1) is 11.0 Å². The Kier molecular flexibility index (Phi) is 3.37. The number of benzene rings is 2. The number of ether oxygens (including phenoxy) is 1. The quantitative estimate of drug-likeness (QED) is 0.771. The third-order valence-corrected chi connectivity index (χ3v) is 3.63. The molecule has 0 aliphatic heterocycles. The maximum absolute atomic E-state index is 12.9. The SMILES string of the molecule is Cc1cc2nc(C(C)Oc3ccc(F)cc3)[nH]c2cc1C. The van der Waals surface area contributed by atoms with E-state index in [4.69, 9.17) is 4.74 Å². The Morgan fingerprint density at radius 3 is 2.48 bits per heavy atom. The fraction of sp³-hybridized carbons (Fsp3) is 0.235. The van der Waals surface area contributed by atoms with Gasteiger partial charge < -0.3 is 9.72 Å². The van der Waals surface area contributed by atoms with Crippen LogP contribution >= 0.6 is 0 Å². The molecule has 108 valence electrons. The Balaban J connectivity index is 1.87. The molecule has 0 spiro atoms. The lowest BCUT2D eigenvalue weighted by atomic mass is 10.1. The number of hydrogen-bond donors (Lipinski definition) is 1. The molecule has 2 aromatic carbocycles. The van der Waals surface area contributed by atoms with Crippen LogP contribution in [0.2, 0.25) is 0 Å². The average Bonchev–Trinajstić information content (AvgIpc) is 2.85. The second kappa shape index (κ2) is 5.20. The van der Waals surface area contributed by atoms with Gasteiger partial charge in [-0.25, -0.2) is 9.37 Å². The van der Waals surface area contributed by atoms with Crippen LogP contribution < -0.4 is 4.74 Å². The summed E-state index contributed by atoms with van der Waals surface area (Å²) in [7, 11) is 0. The van der Waals surface area contributed by atoms with E-state index in [9.17, 15) is 4.39 Å². The Morgan fingerprint density at radius 1 is 1.10 bits per heavy atom. The van der Waals surface area contributed by atoms with E-state index in [0.717, 1.165) is 16.9 Å². The number of H-pyrrole nitrogens is 1. The van der Waals surface area contributed by atoms with Crippen LogP contribution in [0.4, 0.5) is 4.39 Å². The Morgan fingerprint density at radius 2 is 1.76 bits per heavy atom. The number of nitrogens with one attached hydrogen (secondary N) is 1. The third kappa shape index (κ3) is 2.75.